The van der Waals surface area contributed by atoms with E-state index >= 15 is 0 Å². The highest BCUT2D eigenvalue weighted by molar-refractivity contribution is 6.06. The normalized spacial score (nSPS) is 14.5. The Balaban J connectivity index is 1.45. The Morgan fingerprint density at radius 3 is 2.68 bits per heavy atom. The quantitative estimate of drug-likeness (QED) is 0.531. The van der Waals surface area contributed by atoms with Crippen LogP contribution in [0.25, 0.3) is 10.9 Å². The number of carbonyl (C=O) groups excluding carboxylic acids is 1. The highest BCUT2D eigenvalue weighted by Gasteiger charge is 2.20. The van der Waals surface area contributed by atoms with E-state index < -0.39 is 0 Å². The van der Waals surface area contributed by atoms with Crippen molar-refractivity contribution in [1.82, 2.24) is 20.0 Å². The van der Waals surface area contributed by atoms with Crippen molar-refractivity contribution in [3.8, 4) is 11.5 Å². The van der Waals surface area contributed by atoms with Crippen LogP contribution in [0.5, 0.6) is 11.5 Å². The number of para-hydroxylation sites is 2. The summed E-state index contributed by atoms with van der Waals surface area (Å²) in [5, 5.41) is 8.34. The number of rotatable bonds is 9. The summed E-state index contributed by atoms with van der Waals surface area (Å²) in [6, 6.07) is 15.2. The Labute approximate surface area is 181 Å². The second-order valence-corrected chi connectivity index (χ2v) is 7.30. The van der Waals surface area contributed by atoms with E-state index in [4.69, 9.17) is 14.2 Å². The van der Waals surface area contributed by atoms with Crippen LogP contribution in [-0.4, -0.2) is 73.7 Å². The molecule has 0 saturated carbocycles. The molecule has 1 aliphatic heterocycles. The van der Waals surface area contributed by atoms with Gasteiger partial charge in [-0.25, -0.2) is 0 Å². The van der Waals surface area contributed by atoms with Crippen molar-refractivity contribution in [2.75, 3.05) is 53.1 Å². The largest absolute Gasteiger partial charge is 0.494 e. The number of aromatic nitrogens is 2. The SMILES string of the molecule is COc1cccc2c(C(=O)NCCOc3ccccc3)nn(CCN3CCOCC3)c12. The number of hydrogen-bond donors (Lipinski definition) is 1. The predicted molar refractivity (Wildman–Crippen MR) is 118 cm³/mol. The number of methoxy groups -OCH3 is 1. The fourth-order valence-electron chi connectivity index (χ4n) is 3.69. The maximum absolute atomic E-state index is 12.9. The van der Waals surface area contributed by atoms with Gasteiger partial charge in [0.2, 0.25) is 0 Å². The van der Waals surface area contributed by atoms with Crippen molar-refractivity contribution in [2.24, 2.45) is 0 Å². The topological polar surface area (TPSA) is 77.8 Å². The fraction of sp³-hybridized carbons (Fsp3) is 0.391. The molecule has 1 aromatic heterocycles. The summed E-state index contributed by atoms with van der Waals surface area (Å²) in [7, 11) is 1.63. The third-order valence-corrected chi connectivity index (χ3v) is 5.30. The summed E-state index contributed by atoms with van der Waals surface area (Å²) >= 11 is 0. The number of carbonyl (C=O) groups is 1. The van der Waals surface area contributed by atoms with Crippen LogP contribution >= 0.6 is 0 Å². The average molecular weight is 425 g/mol. The van der Waals surface area contributed by atoms with E-state index in [0.717, 1.165) is 49.5 Å². The van der Waals surface area contributed by atoms with Crippen molar-refractivity contribution in [1.29, 1.82) is 0 Å². The predicted octanol–water partition coefficient (Wildman–Crippen LogP) is 2.19. The summed E-state index contributed by atoms with van der Waals surface area (Å²) in [6.45, 7) is 5.60. The lowest BCUT2D eigenvalue weighted by Gasteiger charge is -2.26. The van der Waals surface area contributed by atoms with Crippen molar-refractivity contribution in [2.45, 2.75) is 6.54 Å². The van der Waals surface area contributed by atoms with Gasteiger partial charge >= 0.3 is 0 Å². The van der Waals surface area contributed by atoms with Crippen LogP contribution in [-0.2, 0) is 11.3 Å². The molecular formula is C23H28N4O4. The summed E-state index contributed by atoms with van der Waals surface area (Å²) in [5.74, 6) is 1.26. The van der Waals surface area contributed by atoms with Gasteiger partial charge < -0.3 is 19.5 Å². The minimum Gasteiger partial charge on any atom is -0.494 e. The van der Waals surface area contributed by atoms with E-state index in [2.05, 4.69) is 15.3 Å². The van der Waals surface area contributed by atoms with E-state index in [9.17, 15) is 4.79 Å². The molecule has 8 heteroatoms. The minimum absolute atomic E-state index is 0.222. The summed E-state index contributed by atoms with van der Waals surface area (Å²) in [5.41, 5.74) is 1.24. The number of hydrogen-bond acceptors (Lipinski definition) is 6. The van der Waals surface area contributed by atoms with Crippen LogP contribution in [0.3, 0.4) is 0 Å². The van der Waals surface area contributed by atoms with E-state index in [1.165, 1.54) is 0 Å². The molecule has 1 amide bonds. The Kier molecular flexibility index (Phi) is 7.01. The molecule has 164 valence electrons. The maximum atomic E-state index is 12.9. The number of ether oxygens (including phenoxy) is 3. The molecule has 8 nitrogen and oxygen atoms in total. The number of nitrogens with zero attached hydrogens (tertiary/aromatic N) is 3. The zero-order valence-electron chi connectivity index (χ0n) is 17.8. The van der Waals surface area contributed by atoms with Gasteiger partial charge in [0, 0.05) is 25.0 Å². The standard InChI is InChI=1S/C23H28N4O4/c1-29-20-9-5-8-19-21(23(28)24-10-15-31-18-6-3-2-4-7-18)25-27(22(19)20)12-11-26-13-16-30-17-14-26/h2-9H,10-17H2,1H3,(H,24,28). The van der Waals surface area contributed by atoms with Crippen LogP contribution < -0.4 is 14.8 Å². The van der Waals surface area contributed by atoms with E-state index in [1.54, 1.807) is 7.11 Å². The molecule has 0 unspecified atom stereocenters. The van der Waals surface area contributed by atoms with Crippen molar-refractivity contribution < 1.29 is 19.0 Å². The van der Waals surface area contributed by atoms with E-state index in [0.29, 0.717) is 31.1 Å². The lowest BCUT2D eigenvalue weighted by molar-refractivity contribution is 0.0361. The van der Waals surface area contributed by atoms with Gasteiger partial charge in [-0.1, -0.05) is 30.3 Å². The van der Waals surface area contributed by atoms with E-state index in [1.807, 2.05) is 53.2 Å². The molecule has 1 aliphatic rings. The fourth-order valence-corrected chi connectivity index (χ4v) is 3.69. The van der Waals surface area contributed by atoms with Crippen molar-refractivity contribution in [3.05, 3.63) is 54.2 Å². The number of nitrogens with one attached hydrogen (secondary N) is 1. The maximum Gasteiger partial charge on any atom is 0.272 e. The molecule has 2 heterocycles. The molecule has 0 spiro atoms. The van der Waals surface area contributed by atoms with Gasteiger partial charge in [0.05, 0.1) is 33.4 Å². The summed E-state index contributed by atoms with van der Waals surface area (Å²) in [4.78, 5) is 15.2. The second kappa shape index (κ2) is 10.3. The van der Waals surface area contributed by atoms with Crippen LogP contribution in [0.4, 0.5) is 0 Å². The van der Waals surface area contributed by atoms with Crippen LogP contribution in [0.2, 0.25) is 0 Å². The first-order chi connectivity index (χ1) is 15.3. The highest BCUT2D eigenvalue weighted by Crippen LogP contribution is 2.28. The molecular weight excluding hydrogens is 396 g/mol. The smallest absolute Gasteiger partial charge is 0.272 e. The van der Waals surface area contributed by atoms with Crippen LogP contribution in [0.1, 0.15) is 10.5 Å². The first kappa shape index (κ1) is 21.1. The molecule has 31 heavy (non-hydrogen) atoms. The Hall–Kier alpha value is -3.10. The first-order valence-electron chi connectivity index (χ1n) is 10.6. The zero-order chi connectivity index (χ0) is 21.5. The number of benzene rings is 2. The molecule has 0 bridgehead atoms. The molecule has 2 aromatic carbocycles. The van der Waals surface area contributed by atoms with Gasteiger partial charge in [0.15, 0.2) is 5.69 Å². The Morgan fingerprint density at radius 1 is 1.10 bits per heavy atom. The number of amides is 1. The lowest BCUT2D eigenvalue weighted by Crippen LogP contribution is -2.38. The molecule has 1 saturated heterocycles. The molecule has 1 fully saturated rings. The highest BCUT2D eigenvalue weighted by atomic mass is 16.5. The third-order valence-electron chi connectivity index (χ3n) is 5.30. The lowest BCUT2D eigenvalue weighted by atomic mass is 10.2. The molecule has 0 aliphatic carbocycles. The zero-order valence-corrected chi connectivity index (χ0v) is 17.8. The van der Waals surface area contributed by atoms with Crippen LogP contribution in [0, 0.1) is 0 Å². The van der Waals surface area contributed by atoms with Gasteiger partial charge in [0.1, 0.15) is 23.6 Å². The van der Waals surface area contributed by atoms with Crippen molar-refractivity contribution in [3.63, 3.8) is 0 Å². The number of fused-ring (bicyclic) bond motifs is 1. The van der Waals surface area contributed by atoms with Crippen molar-refractivity contribution >= 4 is 16.8 Å². The van der Waals surface area contributed by atoms with Gasteiger partial charge in [-0.15, -0.1) is 0 Å². The average Bonchev–Trinajstić information content (AvgIpc) is 3.21. The minimum atomic E-state index is -0.222. The second-order valence-electron chi connectivity index (χ2n) is 7.30. The summed E-state index contributed by atoms with van der Waals surface area (Å²) in [6.07, 6.45) is 0. The Bertz CT molecular complexity index is 999. The van der Waals surface area contributed by atoms with Gasteiger partial charge in [-0.3, -0.25) is 14.4 Å². The van der Waals surface area contributed by atoms with Gasteiger partial charge in [-0.2, -0.15) is 5.10 Å². The van der Waals surface area contributed by atoms with Gasteiger partial charge in [-0.05, 0) is 18.2 Å². The summed E-state index contributed by atoms with van der Waals surface area (Å²) < 4.78 is 18.5. The molecule has 0 radical (unpaired) electrons. The van der Waals surface area contributed by atoms with Gasteiger partial charge in [0.25, 0.3) is 5.91 Å². The molecule has 4 rings (SSSR count). The molecule has 3 aromatic rings. The van der Waals surface area contributed by atoms with E-state index in [-0.39, 0.29) is 5.91 Å². The molecule has 1 N–H and O–H groups in total. The monoisotopic (exact) mass is 424 g/mol. The number of morpholine rings is 1. The Morgan fingerprint density at radius 2 is 1.90 bits per heavy atom. The molecule has 0 atom stereocenters. The van der Waals surface area contributed by atoms with Crippen LogP contribution in [0.15, 0.2) is 48.5 Å². The third kappa shape index (κ3) is 5.15. The first-order valence-corrected chi connectivity index (χ1v) is 10.6.